The van der Waals surface area contributed by atoms with E-state index in [4.69, 9.17) is 0 Å². The van der Waals surface area contributed by atoms with Crippen molar-refractivity contribution in [1.29, 1.82) is 0 Å². The summed E-state index contributed by atoms with van der Waals surface area (Å²) in [4.78, 5) is 0. The fourth-order valence-electron chi connectivity index (χ4n) is 0.886. The Morgan fingerprint density at radius 3 is 2.89 bits per heavy atom. The molecule has 1 aromatic heterocycles. The number of hydrogen-bond acceptors (Lipinski definition) is 1. The van der Waals surface area contributed by atoms with Gasteiger partial charge in [0.15, 0.2) is 0 Å². The minimum atomic E-state index is 0.689. The van der Waals surface area contributed by atoms with E-state index in [2.05, 4.69) is 21.0 Å². The third-order valence-electron chi connectivity index (χ3n) is 1.51. The fraction of sp³-hybridized carbons (Fsp3) is 0.500. The van der Waals surface area contributed by atoms with Gasteiger partial charge >= 0.3 is 0 Å². The number of nitrogens with zero attached hydrogens (tertiary/aromatic N) is 2. The molecule has 0 unspecified atom stereocenters. The van der Waals surface area contributed by atoms with Crippen molar-refractivity contribution in [1.82, 2.24) is 9.78 Å². The maximum Gasteiger partial charge on any atom is 0.104 e. The van der Waals surface area contributed by atoms with Crippen LogP contribution >= 0.6 is 15.9 Å². The Morgan fingerprint density at radius 2 is 2.44 bits per heavy atom. The molecule has 3 heteroatoms. The minimum absolute atomic E-state index is 0.689. The van der Waals surface area contributed by atoms with E-state index < -0.39 is 0 Å². The molecule has 1 saturated carbocycles. The maximum atomic E-state index is 4.15. The molecule has 0 aliphatic heterocycles. The van der Waals surface area contributed by atoms with Gasteiger partial charge in [-0.1, -0.05) is 0 Å². The zero-order valence-electron chi connectivity index (χ0n) is 4.92. The summed E-state index contributed by atoms with van der Waals surface area (Å²) in [6.07, 6.45) is 4.41. The van der Waals surface area contributed by atoms with Crippen molar-refractivity contribution in [2.75, 3.05) is 0 Å². The smallest absolute Gasteiger partial charge is 0.104 e. The molecule has 2 rings (SSSR count). The van der Waals surface area contributed by atoms with Gasteiger partial charge in [0.05, 0.1) is 12.2 Å². The first-order chi connectivity index (χ1) is 4.38. The summed E-state index contributed by atoms with van der Waals surface area (Å²) < 4.78 is 3.13. The molecule has 1 heterocycles. The average molecular weight is 187 g/mol. The second-order valence-corrected chi connectivity index (χ2v) is 3.14. The van der Waals surface area contributed by atoms with E-state index in [-0.39, 0.29) is 0 Å². The van der Waals surface area contributed by atoms with Crippen LogP contribution in [0.2, 0.25) is 0 Å². The highest BCUT2D eigenvalue weighted by Gasteiger charge is 2.25. The van der Waals surface area contributed by atoms with Crippen molar-refractivity contribution in [3.05, 3.63) is 16.9 Å². The first kappa shape index (κ1) is 5.47. The first-order valence-electron chi connectivity index (χ1n) is 3.07. The van der Waals surface area contributed by atoms with Crippen molar-refractivity contribution in [2.24, 2.45) is 0 Å². The molecular formula is C6H7BrN2. The molecule has 1 fully saturated rings. The van der Waals surface area contributed by atoms with Gasteiger partial charge in [-0.15, -0.1) is 0 Å². The molecule has 1 aromatic rings. The third kappa shape index (κ3) is 0.894. The van der Waals surface area contributed by atoms with Crippen LogP contribution in [0.4, 0.5) is 0 Å². The number of halogens is 1. The average Bonchev–Trinajstić information content (AvgIpc) is 2.58. The monoisotopic (exact) mass is 186 g/mol. The van der Waals surface area contributed by atoms with Gasteiger partial charge < -0.3 is 0 Å². The normalized spacial score (nSPS) is 18.3. The number of rotatable bonds is 1. The van der Waals surface area contributed by atoms with Crippen molar-refractivity contribution < 1.29 is 0 Å². The molecule has 9 heavy (non-hydrogen) atoms. The highest BCUT2D eigenvalue weighted by atomic mass is 79.9. The molecular weight excluding hydrogens is 180 g/mol. The van der Waals surface area contributed by atoms with Gasteiger partial charge in [0, 0.05) is 0 Å². The van der Waals surface area contributed by atoms with E-state index in [0.29, 0.717) is 6.04 Å². The van der Waals surface area contributed by atoms with Crippen molar-refractivity contribution >= 4 is 15.9 Å². The molecule has 0 amide bonds. The third-order valence-corrected chi connectivity index (χ3v) is 2.14. The van der Waals surface area contributed by atoms with Crippen LogP contribution in [-0.2, 0) is 0 Å². The van der Waals surface area contributed by atoms with Crippen LogP contribution in [0.3, 0.4) is 0 Å². The van der Waals surface area contributed by atoms with Crippen LogP contribution in [0, 0.1) is 0 Å². The lowest BCUT2D eigenvalue weighted by molar-refractivity contribution is 0.627. The van der Waals surface area contributed by atoms with Crippen LogP contribution in [0.15, 0.2) is 16.9 Å². The van der Waals surface area contributed by atoms with Gasteiger partial charge in [-0.25, -0.2) is 0 Å². The molecule has 48 valence electrons. The Bertz CT molecular complexity index is 215. The standard InChI is InChI=1S/C6H7BrN2/c7-6-3-4-8-9(6)5-1-2-5/h3-5H,1-2H2. The van der Waals surface area contributed by atoms with Crippen molar-refractivity contribution in [3.63, 3.8) is 0 Å². The molecule has 0 radical (unpaired) electrons. The van der Waals surface area contributed by atoms with Gasteiger partial charge in [-0.2, -0.15) is 5.10 Å². The summed E-state index contributed by atoms with van der Waals surface area (Å²) in [5, 5.41) is 4.15. The Balaban J connectivity index is 2.35. The first-order valence-corrected chi connectivity index (χ1v) is 3.86. The summed E-state index contributed by atoms with van der Waals surface area (Å²) in [6.45, 7) is 0. The predicted octanol–water partition coefficient (Wildman–Crippen LogP) is 1.98. The van der Waals surface area contributed by atoms with Crippen molar-refractivity contribution in [3.8, 4) is 0 Å². The highest BCUT2D eigenvalue weighted by Crippen LogP contribution is 2.36. The molecule has 1 aliphatic carbocycles. The maximum absolute atomic E-state index is 4.15. The van der Waals surface area contributed by atoms with Crippen molar-refractivity contribution in [2.45, 2.75) is 18.9 Å². The Labute approximate surface area is 62.0 Å². The van der Waals surface area contributed by atoms with E-state index >= 15 is 0 Å². The van der Waals surface area contributed by atoms with Gasteiger partial charge in [0.25, 0.3) is 0 Å². The topological polar surface area (TPSA) is 17.8 Å². The van der Waals surface area contributed by atoms with Gasteiger partial charge in [0.2, 0.25) is 0 Å². The highest BCUT2D eigenvalue weighted by molar-refractivity contribution is 9.10. The lowest BCUT2D eigenvalue weighted by atomic mass is 10.7. The second kappa shape index (κ2) is 1.84. The summed E-state index contributed by atoms with van der Waals surface area (Å²) in [5.41, 5.74) is 0. The Hall–Kier alpha value is -0.310. The Kier molecular flexibility index (Phi) is 1.12. The van der Waals surface area contributed by atoms with Gasteiger partial charge in [-0.3, -0.25) is 4.68 Å². The SMILES string of the molecule is Brc1ccnn1C1CC1. The van der Waals surface area contributed by atoms with E-state index in [1.54, 1.807) is 0 Å². The molecule has 0 saturated heterocycles. The summed E-state index contributed by atoms with van der Waals surface area (Å²) in [5.74, 6) is 0. The molecule has 2 nitrogen and oxygen atoms in total. The number of aromatic nitrogens is 2. The lowest BCUT2D eigenvalue weighted by Crippen LogP contribution is -1.94. The summed E-state index contributed by atoms with van der Waals surface area (Å²) in [6, 6.07) is 2.66. The zero-order valence-corrected chi connectivity index (χ0v) is 6.50. The number of hydrogen-bond donors (Lipinski definition) is 0. The molecule has 1 aliphatic rings. The molecule has 0 N–H and O–H groups in total. The molecule has 0 spiro atoms. The zero-order chi connectivity index (χ0) is 6.27. The van der Waals surface area contributed by atoms with Crippen LogP contribution in [0.5, 0.6) is 0 Å². The van der Waals surface area contributed by atoms with Gasteiger partial charge in [0.1, 0.15) is 4.60 Å². The van der Waals surface area contributed by atoms with Gasteiger partial charge in [-0.05, 0) is 34.8 Å². The van der Waals surface area contributed by atoms with E-state index in [1.165, 1.54) is 12.8 Å². The largest absolute Gasteiger partial charge is 0.255 e. The Morgan fingerprint density at radius 1 is 1.67 bits per heavy atom. The second-order valence-electron chi connectivity index (χ2n) is 2.33. The summed E-state index contributed by atoms with van der Waals surface area (Å²) in [7, 11) is 0. The predicted molar refractivity (Wildman–Crippen MR) is 38.2 cm³/mol. The fourth-order valence-corrected chi connectivity index (χ4v) is 1.39. The van der Waals surface area contributed by atoms with E-state index in [1.807, 2.05) is 16.9 Å². The van der Waals surface area contributed by atoms with Crippen LogP contribution in [0.25, 0.3) is 0 Å². The van der Waals surface area contributed by atoms with Crippen LogP contribution in [0.1, 0.15) is 18.9 Å². The van der Waals surface area contributed by atoms with Crippen LogP contribution in [-0.4, -0.2) is 9.78 Å². The van der Waals surface area contributed by atoms with E-state index in [9.17, 15) is 0 Å². The van der Waals surface area contributed by atoms with Crippen LogP contribution < -0.4 is 0 Å². The molecule has 0 atom stereocenters. The quantitative estimate of drug-likeness (QED) is 0.657. The lowest BCUT2D eigenvalue weighted by Gasteiger charge is -1.96. The molecule has 0 aromatic carbocycles. The molecule has 0 bridgehead atoms. The minimum Gasteiger partial charge on any atom is -0.255 e. The van der Waals surface area contributed by atoms with E-state index in [0.717, 1.165) is 4.60 Å². The summed E-state index contributed by atoms with van der Waals surface area (Å²) >= 11 is 3.41.